The molecule has 9 nitrogen and oxygen atoms in total. The standard InChI is InChI=1S/C21H35N7O2.HI/c1-15-25-26-17(27(15)2)14-23-20(22-7-8-28-9-12-29-13-10-28)24-18-16-4-11-30-19(16)21(18)5-3-6-21;/h16,18-19H,3-14H2,1-2H3,(H2,22,23,24);1H. The van der Waals surface area contributed by atoms with Crippen molar-refractivity contribution in [3.63, 3.8) is 0 Å². The van der Waals surface area contributed by atoms with Crippen LogP contribution in [0.4, 0.5) is 0 Å². The lowest BCUT2D eigenvalue weighted by molar-refractivity contribution is -0.171. The van der Waals surface area contributed by atoms with Gasteiger partial charge in [-0.1, -0.05) is 6.42 Å². The summed E-state index contributed by atoms with van der Waals surface area (Å²) < 4.78 is 13.6. The van der Waals surface area contributed by atoms with Gasteiger partial charge in [-0.05, 0) is 26.2 Å². The molecule has 2 saturated carbocycles. The highest BCUT2D eigenvalue weighted by Crippen LogP contribution is 2.62. The van der Waals surface area contributed by atoms with Crippen molar-refractivity contribution in [2.24, 2.45) is 23.4 Å². The summed E-state index contributed by atoms with van der Waals surface area (Å²) in [6.45, 7) is 8.94. The maximum atomic E-state index is 6.09. The molecule has 174 valence electrons. The van der Waals surface area contributed by atoms with E-state index in [1.807, 2.05) is 18.5 Å². The highest BCUT2D eigenvalue weighted by atomic mass is 127. The van der Waals surface area contributed by atoms with Crippen molar-refractivity contribution < 1.29 is 9.47 Å². The van der Waals surface area contributed by atoms with Crippen molar-refractivity contribution in [2.75, 3.05) is 46.0 Å². The second-order valence-electron chi connectivity index (χ2n) is 9.22. The zero-order valence-corrected chi connectivity index (χ0v) is 21.0. The van der Waals surface area contributed by atoms with Gasteiger partial charge >= 0.3 is 0 Å². The third-order valence-corrected chi connectivity index (χ3v) is 7.71. The third kappa shape index (κ3) is 4.45. The Morgan fingerprint density at radius 3 is 2.71 bits per heavy atom. The molecule has 2 N–H and O–H groups in total. The number of halogens is 1. The van der Waals surface area contributed by atoms with Crippen LogP contribution in [0.5, 0.6) is 0 Å². The lowest BCUT2D eigenvalue weighted by Gasteiger charge is -2.63. The summed E-state index contributed by atoms with van der Waals surface area (Å²) in [6, 6.07) is 0.467. The molecule has 1 spiro atoms. The van der Waals surface area contributed by atoms with Gasteiger partial charge in [0.1, 0.15) is 12.4 Å². The average Bonchev–Trinajstić information content (AvgIpc) is 3.28. The Morgan fingerprint density at radius 1 is 1.23 bits per heavy atom. The van der Waals surface area contributed by atoms with Gasteiger partial charge in [-0.25, -0.2) is 4.99 Å². The number of rotatable bonds is 6. The molecule has 3 heterocycles. The molecule has 0 bridgehead atoms. The van der Waals surface area contributed by atoms with Crippen molar-refractivity contribution in [1.29, 1.82) is 0 Å². The normalized spacial score (nSPS) is 29.6. The van der Waals surface area contributed by atoms with E-state index in [0.29, 0.717) is 30.0 Å². The maximum Gasteiger partial charge on any atom is 0.192 e. The number of nitrogens with one attached hydrogen (secondary N) is 2. The molecule has 3 unspecified atom stereocenters. The monoisotopic (exact) mass is 545 g/mol. The van der Waals surface area contributed by atoms with Gasteiger partial charge in [-0.15, -0.1) is 34.2 Å². The summed E-state index contributed by atoms with van der Waals surface area (Å²) in [5.74, 6) is 3.31. The van der Waals surface area contributed by atoms with Crippen molar-refractivity contribution in [3.8, 4) is 0 Å². The Kier molecular flexibility index (Phi) is 7.39. The number of fused-ring (bicyclic) bond motifs is 2. The molecule has 4 fully saturated rings. The Bertz CT molecular complexity index is 776. The van der Waals surface area contributed by atoms with Crippen LogP contribution in [0.2, 0.25) is 0 Å². The predicted octanol–water partition coefficient (Wildman–Crippen LogP) is 1.07. The average molecular weight is 545 g/mol. The van der Waals surface area contributed by atoms with Gasteiger partial charge in [-0.2, -0.15) is 0 Å². The molecule has 2 aliphatic heterocycles. The van der Waals surface area contributed by atoms with E-state index in [-0.39, 0.29) is 24.0 Å². The van der Waals surface area contributed by atoms with Crippen LogP contribution in [-0.2, 0) is 23.1 Å². The number of morpholine rings is 1. The lowest BCUT2D eigenvalue weighted by atomic mass is 9.46. The quantitative estimate of drug-likeness (QED) is 0.314. The number of aliphatic imine (C=N–C) groups is 1. The third-order valence-electron chi connectivity index (χ3n) is 7.71. The summed E-state index contributed by atoms with van der Waals surface area (Å²) in [7, 11) is 1.99. The fourth-order valence-corrected chi connectivity index (χ4v) is 5.65. The topological polar surface area (TPSA) is 88.8 Å². The first kappa shape index (κ1) is 23.2. The molecule has 1 aromatic heterocycles. The fourth-order valence-electron chi connectivity index (χ4n) is 5.65. The molecule has 31 heavy (non-hydrogen) atoms. The van der Waals surface area contributed by atoms with E-state index in [1.165, 1.54) is 19.3 Å². The smallest absolute Gasteiger partial charge is 0.192 e. The number of aromatic nitrogens is 3. The van der Waals surface area contributed by atoms with Gasteiger partial charge < -0.3 is 24.7 Å². The van der Waals surface area contributed by atoms with E-state index in [1.54, 1.807) is 0 Å². The van der Waals surface area contributed by atoms with Gasteiger partial charge in [-0.3, -0.25) is 4.90 Å². The molecule has 3 atom stereocenters. The first-order valence-electron chi connectivity index (χ1n) is 11.5. The van der Waals surface area contributed by atoms with Gasteiger partial charge in [0.2, 0.25) is 0 Å². The largest absolute Gasteiger partial charge is 0.379 e. The second-order valence-corrected chi connectivity index (χ2v) is 9.22. The number of ether oxygens (including phenoxy) is 2. The zero-order chi connectivity index (χ0) is 20.6. The van der Waals surface area contributed by atoms with Crippen molar-refractivity contribution in [1.82, 2.24) is 30.3 Å². The summed E-state index contributed by atoms with van der Waals surface area (Å²) in [5.41, 5.74) is 0.329. The number of guanidine groups is 1. The van der Waals surface area contributed by atoms with Crippen LogP contribution in [0.15, 0.2) is 4.99 Å². The molecule has 1 aromatic rings. The summed E-state index contributed by atoms with van der Waals surface area (Å²) >= 11 is 0. The Labute approximate surface area is 201 Å². The van der Waals surface area contributed by atoms with Crippen molar-refractivity contribution >= 4 is 29.9 Å². The number of hydrogen-bond acceptors (Lipinski definition) is 6. The molecule has 0 aromatic carbocycles. The van der Waals surface area contributed by atoms with Crippen LogP contribution >= 0.6 is 24.0 Å². The highest BCUT2D eigenvalue weighted by Gasteiger charge is 2.66. The molecule has 2 saturated heterocycles. The Morgan fingerprint density at radius 2 is 2.03 bits per heavy atom. The number of aryl methyl sites for hydroxylation is 1. The molecule has 0 radical (unpaired) electrons. The minimum atomic E-state index is 0. The SMILES string of the molecule is Cc1nnc(CN=C(NCCN2CCOCC2)NC2C3CCOC3C23CCC3)n1C.I. The molecule has 5 rings (SSSR count). The number of nitrogens with zero attached hydrogens (tertiary/aromatic N) is 5. The summed E-state index contributed by atoms with van der Waals surface area (Å²) in [5, 5.41) is 15.8. The Hall–Kier alpha value is -0.980. The highest BCUT2D eigenvalue weighted by molar-refractivity contribution is 14.0. The minimum Gasteiger partial charge on any atom is -0.379 e. The van der Waals surface area contributed by atoms with Crippen LogP contribution in [-0.4, -0.2) is 83.8 Å². The van der Waals surface area contributed by atoms with E-state index in [2.05, 4.69) is 25.7 Å². The maximum absolute atomic E-state index is 6.09. The minimum absolute atomic E-state index is 0. The predicted molar refractivity (Wildman–Crippen MR) is 129 cm³/mol. The van der Waals surface area contributed by atoms with Crippen molar-refractivity contribution in [2.45, 2.75) is 51.3 Å². The van der Waals surface area contributed by atoms with Crippen molar-refractivity contribution in [3.05, 3.63) is 11.6 Å². The Balaban J connectivity index is 0.00000231. The lowest BCUT2D eigenvalue weighted by Crippen LogP contribution is -2.72. The van der Waals surface area contributed by atoms with Crippen LogP contribution < -0.4 is 10.6 Å². The molecular formula is C21H36IN7O2. The van der Waals surface area contributed by atoms with Gasteiger partial charge in [0.25, 0.3) is 0 Å². The van der Waals surface area contributed by atoms with Crippen LogP contribution in [0.3, 0.4) is 0 Å². The van der Waals surface area contributed by atoms with Gasteiger partial charge in [0, 0.05) is 57.2 Å². The first-order valence-corrected chi connectivity index (χ1v) is 11.5. The van der Waals surface area contributed by atoms with Crippen LogP contribution in [0.1, 0.15) is 37.3 Å². The molecule has 10 heteroatoms. The van der Waals surface area contributed by atoms with Crippen LogP contribution in [0, 0.1) is 18.3 Å². The molecular weight excluding hydrogens is 509 g/mol. The fraction of sp³-hybridized carbons (Fsp3) is 0.857. The van der Waals surface area contributed by atoms with E-state index >= 15 is 0 Å². The van der Waals surface area contributed by atoms with Gasteiger partial charge in [0.05, 0.1) is 19.3 Å². The summed E-state index contributed by atoms with van der Waals surface area (Å²) in [4.78, 5) is 7.34. The van der Waals surface area contributed by atoms with Gasteiger partial charge in [0.15, 0.2) is 11.8 Å². The molecule has 2 aliphatic carbocycles. The number of hydrogen-bond donors (Lipinski definition) is 2. The van der Waals surface area contributed by atoms with E-state index < -0.39 is 0 Å². The van der Waals surface area contributed by atoms with Crippen LogP contribution in [0.25, 0.3) is 0 Å². The zero-order valence-electron chi connectivity index (χ0n) is 18.7. The van der Waals surface area contributed by atoms with E-state index in [0.717, 1.165) is 70.0 Å². The van der Waals surface area contributed by atoms with E-state index in [4.69, 9.17) is 14.5 Å². The first-order chi connectivity index (χ1) is 14.7. The molecule has 0 amide bonds. The molecule has 4 aliphatic rings. The van der Waals surface area contributed by atoms with E-state index in [9.17, 15) is 0 Å². The second kappa shape index (κ2) is 9.88. The summed E-state index contributed by atoms with van der Waals surface area (Å²) in [6.07, 6.45) is 5.48.